The van der Waals surface area contributed by atoms with Gasteiger partial charge in [0, 0.05) is 8.95 Å². The van der Waals surface area contributed by atoms with Gasteiger partial charge >= 0.3 is 5.97 Å². The van der Waals surface area contributed by atoms with Crippen LogP contribution in [-0.2, 0) is 9.53 Å². The molecule has 1 rings (SSSR count). The Bertz CT molecular complexity index is 489. The van der Waals surface area contributed by atoms with Gasteiger partial charge in [-0.2, -0.15) is 0 Å². The molecular formula is C11H12Br2N2O3. The van der Waals surface area contributed by atoms with E-state index in [1.54, 1.807) is 19.1 Å². The van der Waals surface area contributed by atoms with Crippen LogP contribution in [0.5, 0.6) is 0 Å². The van der Waals surface area contributed by atoms with Gasteiger partial charge in [0.1, 0.15) is 0 Å². The summed E-state index contributed by atoms with van der Waals surface area (Å²) in [7, 11) is 1.27. The van der Waals surface area contributed by atoms with Crippen LogP contribution in [0.15, 0.2) is 21.1 Å². The fourth-order valence-corrected chi connectivity index (χ4v) is 2.53. The number of halogens is 2. The fourth-order valence-electron chi connectivity index (χ4n) is 1.21. The summed E-state index contributed by atoms with van der Waals surface area (Å²) in [5.74, 6) is -0.930. The average molecular weight is 380 g/mol. The molecule has 1 unspecified atom stereocenters. The predicted octanol–water partition coefficient (Wildman–Crippen LogP) is 2.28. The lowest BCUT2D eigenvalue weighted by Gasteiger charge is -2.13. The second-order valence-electron chi connectivity index (χ2n) is 3.58. The third-order valence-corrected chi connectivity index (χ3v) is 3.21. The number of nitrogens with one attached hydrogen (secondary N) is 1. The molecule has 98 valence electrons. The highest BCUT2D eigenvalue weighted by atomic mass is 79.9. The Morgan fingerprint density at radius 2 is 2.00 bits per heavy atom. The molecule has 0 aromatic heterocycles. The van der Waals surface area contributed by atoms with Gasteiger partial charge in [0.05, 0.1) is 24.4 Å². The van der Waals surface area contributed by atoms with Crippen LogP contribution >= 0.6 is 31.9 Å². The van der Waals surface area contributed by atoms with E-state index in [-0.39, 0.29) is 11.5 Å². The molecule has 1 amide bonds. The number of carbonyl (C=O) groups is 2. The second-order valence-corrected chi connectivity index (χ2v) is 5.35. The number of hydrogen-bond donors (Lipinski definition) is 2. The summed E-state index contributed by atoms with van der Waals surface area (Å²) in [6.45, 7) is 1.56. The quantitative estimate of drug-likeness (QED) is 0.789. The van der Waals surface area contributed by atoms with Crippen LogP contribution in [0, 0.1) is 0 Å². The van der Waals surface area contributed by atoms with Crippen molar-refractivity contribution in [3.63, 3.8) is 0 Å². The number of rotatable bonds is 3. The number of nitrogens with two attached hydrogens (primary N) is 1. The van der Waals surface area contributed by atoms with Crippen molar-refractivity contribution in [3.05, 3.63) is 26.6 Å². The molecule has 0 aliphatic heterocycles. The van der Waals surface area contributed by atoms with E-state index in [1.807, 2.05) is 0 Å². The van der Waals surface area contributed by atoms with E-state index in [4.69, 9.17) is 5.73 Å². The maximum atomic E-state index is 11.6. The van der Waals surface area contributed by atoms with E-state index >= 15 is 0 Å². The number of anilines is 1. The standard InChI is InChI=1S/C11H12Br2N2O3/c1-5(14)10(16)15-9-7(11(17)18-2)3-6(12)4-8(9)13/h3-5H,14H2,1-2H3,(H,15,16). The molecule has 1 atom stereocenters. The molecule has 18 heavy (non-hydrogen) atoms. The maximum absolute atomic E-state index is 11.6. The van der Waals surface area contributed by atoms with Crippen molar-refractivity contribution in [1.29, 1.82) is 0 Å². The molecule has 0 saturated heterocycles. The monoisotopic (exact) mass is 378 g/mol. The third-order valence-electron chi connectivity index (χ3n) is 2.12. The molecular weight excluding hydrogens is 368 g/mol. The smallest absolute Gasteiger partial charge is 0.340 e. The zero-order valence-corrected chi connectivity index (χ0v) is 13.0. The van der Waals surface area contributed by atoms with Gasteiger partial charge in [-0.25, -0.2) is 4.79 Å². The Morgan fingerprint density at radius 1 is 1.39 bits per heavy atom. The van der Waals surface area contributed by atoms with Crippen molar-refractivity contribution < 1.29 is 14.3 Å². The summed E-state index contributed by atoms with van der Waals surface area (Å²) in [4.78, 5) is 23.2. The van der Waals surface area contributed by atoms with Gasteiger partial charge in [0.25, 0.3) is 0 Å². The van der Waals surface area contributed by atoms with Crippen molar-refractivity contribution in [2.75, 3.05) is 12.4 Å². The molecule has 0 heterocycles. The highest BCUT2D eigenvalue weighted by Crippen LogP contribution is 2.31. The molecule has 0 aliphatic carbocycles. The number of carbonyl (C=O) groups excluding carboxylic acids is 2. The molecule has 0 radical (unpaired) electrons. The van der Waals surface area contributed by atoms with Crippen LogP contribution in [0.2, 0.25) is 0 Å². The van der Waals surface area contributed by atoms with Gasteiger partial charge in [-0.3, -0.25) is 4.79 Å². The molecule has 0 aliphatic rings. The molecule has 7 heteroatoms. The maximum Gasteiger partial charge on any atom is 0.340 e. The SMILES string of the molecule is COC(=O)c1cc(Br)cc(Br)c1NC(=O)C(C)N. The van der Waals surface area contributed by atoms with E-state index < -0.39 is 12.0 Å². The summed E-state index contributed by atoms with van der Waals surface area (Å²) in [5.41, 5.74) is 6.05. The largest absolute Gasteiger partial charge is 0.465 e. The van der Waals surface area contributed by atoms with E-state index in [1.165, 1.54) is 7.11 Å². The van der Waals surface area contributed by atoms with Gasteiger partial charge in [-0.05, 0) is 35.0 Å². The zero-order valence-electron chi connectivity index (χ0n) is 9.79. The molecule has 0 spiro atoms. The Morgan fingerprint density at radius 3 is 2.50 bits per heavy atom. The highest BCUT2D eigenvalue weighted by Gasteiger charge is 2.19. The minimum Gasteiger partial charge on any atom is -0.465 e. The second kappa shape index (κ2) is 6.31. The number of ether oxygens (including phenoxy) is 1. The average Bonchev–Trinajstić information content (AvgIpc) is 2.30. The van der Waals surface area contributed by atoms with Crippen molar-refractivity contribution in [2.45, 2.75) is 13.0 Å². The number of benzene rings is 1. The lowest BCUT2D eigenvalue weighted by atomic mass is 10.1. The minimum absolute atomic E-state index is 0.243. The molecule has 0 saturated carbocycles. The van der Waals surface area contributed by atoms with Crippen molar-refractivity contribution in [1.82, 2.24) is 0 Å². The molecule has 5 nitrogen and oxygen atoms in total. The van der Waals surface area contributed by atoms with Crippen molar-refractivity contribution in [2.24, 2.45) is 5.73 Å². The van der Waals surface area contributed by atoms with Crippen LogP contribution in [0.4, 0.5) is 5.69 Å². The minimum atomic E-state index is -0.675. The van der Waals surface area contributed by atoms with E-state index in [2.05, 4.69) is 41.9 Å². The summed E-state index contributed by atoms with van der Waals surface area (Å²) in [6.07, 6.45) is 0. The van der Waals surface area contributed by atoms with Gasteiger partial charge in [-0.15, -0.1) is 0 Å². The summed E-state index contributed by atoms with van der Waals surface area (Å²) in [6, 6.07) is 2.60. The molecule has 3 N–H and O–H groups in total. The van der Waals surface area contributed by atoms with Crippen LogP contribution in [0.1, 0.15) is 17.3 Å². The van der Waals surface area contributed by atoms with Crippen molar-refractivity contribution in [3.8, 4) is 0 Å². The van der Waals surface area contributed by atoms with Crippen molar-refractivity contribution >= 4 is 49.4 Å². The molecule has 0 bridgehead atoms. The fraction of sp³-hybridized carbons (Fsp3) is 0.273. The molecule has 1 aromatic carbocycles. The number of hydrogen-bond acceptors (Lipinski definition) is 4. The van der Waals surface area contributed by atoms with Gasteiger partial charge in [0.15, 0.2) is 0 Å². The first-order valence-electron chi connectivity index (χ1n) is 5.00. The number of amides is 1. The summed E-state index contributed by atoms with van der Waals surface area (Å²) in [5, 5.41) is 2.59. The Labute approximate surface area is 121 Å². The van der Waals surface area contributed by atoms with E-state index in [0.29, 0.717) is 14.6 Å². The zero-order chi connectivity index (χ0) is 13.9. The first kappa shape index (κ1) is 15.1. The van der Waals surface area contributed by atoms with Gasteiger partial charge in [0.2, 0.25) is 5.91 Å². The predicted molar refractivity (Wildman–Crippen MR) is 75.5 cm³/mol. The Hall–Kier alpha value is -0.920. The lowest BCUT2D eigenvalue weighted by Crippen LogP contribution is -2.33. The normalized spacial score (nSPS) is 11.8. The third kappa shape index (κ3) is 3.54. The topological polar surface area (TPSA) is 81.4 Å². The van der Waals surface area contributed by atoms with Crippen LogP contribution < -0.4 is 11.1 Å². The Kier molecular flexibility index (Phi) is 5.30. The summed E-state index contributed by atoms with van der Waals surface area (Å²) >= 11 is 6.54. The molecule has 0 fully saturated rings. The van der Waals surface area contributed by atoms with E-state index in [9.17, 15) is 9.59 Å². The number of esters is 1. The van der Waals surface area contributed by atoms with E-state index in [0.717, 1.165) is 0 Å². The highest BCUT2D eigenvalue weighted by molar-refractivity contribution is 9.11. The lowest BCUT2D eigenvalue weighted by molar-refractivity contribution is -0.117. The first-order chi connectivity index (χ1) is 8.36. The van der Waals surface area contributed by atoms with Crippen LogP contribution in [0.3, 0.4) is 0 Å². The van der Waals surface area contributed by atoms with Gasteiger partial charge in [-0.1, -0.05) is 15.9 Å². The van der Waals surface area contributed by atoms with Crippen LogP contribution in [-0.4, -0.2) is 25.0 Å². The summed E-state index contributed by atoms with van der Waals surface area (Å²) < 4.78 is 5.92. The molecule has 1 aromatic rings. The Balaban J connectivity index is 3.24. The number of methoxy groups -OCH3 is 1. The van der Waals surface area contributed by atoms with Gasteiger partial charge < -0.3 is 15.8 Å². The van der Waals surface area contributed by atoms with Crippen LogP contribution in [0.25, 0.3) is 0 Å². The first-order valence-corrected chi connectivity index (χ1v) is 6.59.